The van der Waals surface area contributed by atoms with Crippen LogP contribution in [-0.2, 0) is 6.54 Å². The summed E-state index contributed by atoms with van der Waals surface area (Å²) in [5.74, 6) is 0.209. The molecule has 18 heavy (non-hydrogen) atoms. The number of aliphatic hydroxyl groups is 1. The predicted molar refractivity (Wildman–Crippen MR) is 62.4 cm³/mol. The van der Waals surface area contributed by atoms with Crippen LogP contribution >= 0.6 is 0 Å². The lowest BCUT2D eigenvalue weighted by molar-refractivity contribution is -0.119. The third-order valence-electron chi connectivity index (χ3n) is 2.25. The molecule has 0 amide bonds. The zero-order chi connectivity index (χ0) is 13.6. The van der Waals surface area contributed by atoms with Crippen molar-refractivity contribution in [1.82, 2.24) is 10.3 Å². The van der Waals surface area contributed by atoms with E-state index in [4.69, 9.17) is 5.11 Å². The van der Waals surface area contributed by atoms with Crippen LogP contribution in [0.2, 0.25) is 0 Å². The second kappa shape index (κ2) is 6.55. The molecule has 102 valence electrons. The summed E-state index contributed by atoms with van der Waals surface area (Å²) in [7, 11) is 1.77. The van der Waals surface area contributed by atoms with Crippen LogP contribution in [0.15, 0.2) is 18.3 Å². The van der Waals surface area contributed by atoms with Gasteiger partial charge in [0.05, 0.1) is 6.61 Å². The predicted octanol–water partition coefficient (Wildman–Crippen LogP) is 1.16. The minimum Gasteiger partial charge on any atom is -0.395 e. The molecule has 0 aliphatic carbocycles. The molecule has 1 heterocycles. The van der Waals surface area contributed by atoms with Gasteiger partial charge in [-0.2, -0.15) is 13.2 Å². The molecule has 0 fully saturated rings. The van der Waals surface area contributed by atoms with Crippen LogP contribution in [0.5, 0.6) is 0 Å². The quantitative estimate of drug-likeness (QED) is 0.808. The molecule has 0 saturated heterocycles. The van der Waals surface area contributed by atoms with Gasteiger partial charge in [-0.1, -0.05) is 6.07 Å². The van der Waals surface area contributed by atoms with Crippen molar-refractivity contribution in [3.63, 3.8) is 0 Å². The highest BCUT2D eigenvalue weighted by molar-refractivity contribution is 5.39. The molecule has 1 aromatic heterocycles. The summed E-state index contributed by atoms with van der Waals surface area (Å²) >= 11 is 0. The molecule has 0 aliphatic heterocycles. The Kier molecular flexibility index (Phi) is 5.36. The Hall–Kier alpha value is -1.34. The Morgan fingerprint density at radius 1 is 1.39 bits per heavy atom. The van der Waals surface area contributed by atoms with E-state index in [0.29, 0.717) is 6.54 Å². The van der Waals surface area contributed by atoms with Crippen LogP contribution in [0.25, 0.3) is 0 Å². The fourth-order valence-corrected chi connectivity index (χ4v) is 1.52. The van der Waals surface area contributed by atoms with Crippen LogP contribution < -0.4 is 10.2 Å². The van der Waals surface area contributed by atoms with Crippen molar-refractivity contribution in [3.05, 3.63) is 23.9 Å². The molecule has 4 nitrogen and oxygen atoms in total. The SMILES string of the molecule is CNCc1ccc(N(CCO)CC(F)(F)F)nc1. The van der Waals surface area contributed by atoms with E-state index in [2.05, 4.69) is 10.3 Å². The fourth-order valence-electron chi connectivity index (χ4n) is 1.52. The number of pyridine rings is 1. The van der Waals surface area contributed by atoms with E-state index in [1.807, 2.05) is 0 Å². The van der Waals surface area contributed by atoms with Gasteiger partial charge in [0, 0.05) is 19.3 Å². The smallest absolute Gasteiger partial charge is 0.395 e. The van der Waals surface area contributed by atoms with Gasteiger partial charge in [0.25, 0.3) is 0 Å². The van der Waals surface area contributed by atoms with Gasteiger partial charge in [-0.15, -0.1) is 0 Å². The Labute approximate surface area is 103 Å². The van der Waals surface area contributed by atoms with Gasteiger partial charge in [-0.25, -0.2) is 4.98 Å². The van der Waals surface area contributed by atoms with Gasteiger partial charge in [0.2, 0.25) is 0 Å². The van der Waals surface area contributed by atoms with E-state index in [0.717, 1.165) is 10.5 Å². The molecule has 0 aromatic carbocycles. The molecule has 0 bridgehead atoms. The molecule has 0 unspecified atom stereocenters. The topological polar surface area (TPSA) is 48.4 Å². The monoisotopic (exact) mass is 263 g/mol. The zero-order valence-corrected chi connectivity index (χ0v) is 10.0. The van der Waals surface area contributed by atoms with Gasteiger partial charge in [-0.05, 0) is 18.7 Å². The molecule has 7 heteroatoms. The number of halogens is 3. The summed E-state index contributed by atoms with van der Waals surface area (Å²) < 4.78 is 37.1. The first kappa shape index (κ1) is 14.7. The molecule has 0 aliphatic rings. The van der Waals surface area contributed by atoms with Crippen LogP contribution in [0.3, 0.4) is 0 Å². The minimum absolute atomic E-state index is 0.0993. The van der Waals surface area contributed by atoms with Crippen molar-refractivity contribution in [2.45, 2.75) is 12.7 Å². The van der Waals surface area contributed by atoms with Crippen LogP contribution in [0, 0.1) is 0 Å². The van der Waals surface area contributed by atoms with E-state index >= 15 is 0 Å². The number of alkyl halides is 3. The number of hydrogen-bond donors (Lipinski definition) is 2. The number of anilines is 1. The summed E-state index contributed by atoms with van der Waals surface area (Å²) in [4.78, 5) is 4.98. The maximum Gasteiger partial charge on any atom is 0.405 e. The van der Waals surface area contributed by atoms with Crippen molar-refractivity contribution in [2.24, 2.45) is 0 Å². The van der Waals surface area contributed by atoms with Crippen LogP contribution in [-0.4, -0.2) is 43.0 Å². The summed E-state index contributed by atoms with van der Waals surface area (Å²) in [6, 6.07) is 3.23. The largest absolute Gasteiger partial charge is 0.405 e. The van der Waals surface area contributed by atoms with Gasteiger partial charge >= 0.3 is 6.18 Å². The Bertz CT molecular complexity index is 354. The number of nitrogens with zero attached hydrogens (tertiary/aromatic N) is 2. The average molecular weight is 263 g/mol. The van der Waals surface area contributed by atoms with Crippen molar-refractivity contribution in [3.8, 4) is 0 Å². The summed E-state index contributed by atoms with van der Waals surface area (Å²) in [6.07, 6.45) is -2.80. The van der Waals surface area contributed by atoms with Gasteiger partial charge in [0.1, 0.15) is 12.4 Å². The standard InChI is InChI=1S/C11H16F3N3O/c1-15-6-9-2-3-10(16-7-9)17(4-5-18)8-11(12,13)14/h2-3,7,15,18H,4-6,8H2,1H3. The first-order valence-corrected chi connectivity index (χ1v) is 5.48. The zero-order valence-electron chi connectivity index (χ0n) is 10.0. The highest BCUT2D eigenvalue weighted by atomic mass is 19.4. The molecule has 0 radical (unpaired) electrons. The highest BCUT2D eigenvalue weighted by Gasteiger charge is 2.31. The molecule has 1 rings (SSSR count). The molecular formula is C11H16F3N3O. The van der Waals surface area contributed by atoms with Crippen LogP contribution in [0.1, 0.15) is 5.56 Å². The summed E-state index contributed by atoms with van der Waals surface area (Å²) in [6.45, 7) is -0.966. The molecule has 0 spiro atoms. The number of aromatic nitrogens is 1. The lowest BCUT2D eigenvalue weighted by Crippen LogP contribution is -2.36. The second-order valence-electron chi connectivity index (χ2n) is 3.82. The van der Waals surface area contributed by atoms with Crippen molar-refractivity contribution < 1.29 is 18.3 Å². The Morgan fingerprint density at radius 3 is 2.56 bits per heavy atom. The minimum atomic E-state index is -4.32. The summed E-state index contributed by atoms with van der Waals surface area (Å²) in [5.41, 5.74) is 0.886. The third-order valence-corrected chi connectivity index (χ3v) is 2.25. The maximum absolute atomic E-state index is 12.4. The van der Waals surface area contributed by atoms with E-state index in [9.17, 15) is 13.2 Å². The molecular weight excluding hydrogens is 247 g/mol. The lowest BCUT2D eigenvalue weighted by atomic mass is 10.2. The van der Waals surface area contributed by atoms with E-state index in [-0.39, 0.29) is 19.0 Å². The van der Waals surface area contributed by atoms with Crippen molar-refractivity contribution in [2.75, 3.05) is 31.6 Å². The second-order valence-corrected chi connectivity index (χ2v) is 3.82. The van der Waals surface area contributed by atoms with Crippen molar-refractivity contribution in [1.29, 1.82) is 0 Å². The van der Waals surface area contributed by atoms with E-state index < -0.39 is 12.7 Å². The summed E-state index contributed by atoms with van der Waals surface area (Å²) in [5, 5.41) is 11.7. The van der Waals surface area contributed by atoms with Gasteiger partial charge in [-0.3, -0.25) is 0 Å². The van der Waals surface area contributed by atoms with E-state index in [1.165, 1.54) is 12.3 Å². The first-order chi connectivity index (χ1) is 8.46. The number of hydrogen-bond acceptors (Lipinski definition) is 4. The Morgan fingerprint density at radius 2 is 2.11 bits per heavy atom. The molecule has 1 aromatic rings. The molecule has 2 N–H and O–H groups in total. The lowest BCUT2D eigenvalue weighted by Gasteiger charge is -2.24. The number of nitrogens with one attached hydrogen (secondary N) is 1. The average Bonchev–Trinajstić information content (AvgIpc) is 2.28. The van der Waals surface area contributed by atoms with Gasteiger partial charge < -0.3 is 15.3 Å². The number of rotatable bonds is 6. The van der Waals surface area contributed by atoms with Crippen LogP contribution in [0.4, 0.5) is 19.0 Å². The molecule has 0 atom stereocenters. The first-order valence-electron chi connectivity index (χ1n) is 5.48. The highest BCUT2D eigenvalue weighted by Crippen LogP contribution is 2.20. The molecule has 0 saturated carbocycles. The normalized spacial score (nSPS) is 11.6. The van der Waals surface area contributed by atoms with Crippen molar-refractivity contribution >= 4 is 5.82 Å². The Balaban J connectivity index is 2.78. The maximum atomic E-state index is 12.4. The van der Waals surface area contributed by atoms with Gasteiger partial charge in [0.15, 0.2) is 0 Å². The number of aliphatic hydroxyl groups excluding tert-OH is 1. The van der Waals surface area contributed by atoms with E-state index in [1.54, 1.807) is 13.1 Å². The third kappa shape index (κ3) is 4.89. The fraction of sp³-hybridized carbons (Fsp3) is 0.545.